The van der Waals surface area contributed by atoms with Gasteiger partial charge in [-0.2, -0.15) is 0 Å². The Balaban J connectivity index is 1.89. The molecule has 0 aliphatic heterocycles. The highest BCUT2D eigenvalue weighted by Gasteiger charge is 2.15. The molecule has 8 nitrogen and oxygen atoms in total. The molecule has 0 aliphatic rings. The number of benzene rings is 2. The lowest BCUT2D eigenvalue weighted by Crippen LogP contribution is -2.38. The lowest BCUT2D eigenvalue weighted by Gasteiger charge is -2.19. The first-order valence-corrected chi connectivity index (χ1v) is 8.78. The van der Waals surface area contributed by atoms with E-state index in [0.717, 1.165) is 0 Å². The van der Waals surface area contributed by atoms with Crippen LogP contribution < -0.4 is 21.1 Å². The molecule has 0 atom stereocenters. The molecule has 3 amide bonds. The average Bonchev–Trinajstić information content (AvgIpc) is 2.68. The van der Waals surface area contributed by atoms with E-state index in [-0.39, 0.29) is 24.9 Å². The fourth-order valence-corrected chi connectivity index (χ4v) is 2.54. The molecule has 0 saturated carbocycles. The summed E-state index contributed by atoms with van der Waals surface area (Å²) in [6, 6.07) is 13.4. The molecule has 0 radical (unpaired) electrons. The van der Waals surface area contributed by atoms with Crippen LogP contribution in [0.4, 0.5) is 11.4 Å². The summed E-state index contributed by atoms with van der Waals surface area (Å²) in [6.07, 6.45) is 0. The Morgan fingerprint density at radius 3 is 2.14 bits per heavy atom. The van der Waals surface area contributed by atoms with Crippen molar-refractivity contribution >= 4 is 29.1 Å². The van der Waals surface area contributed by atoms with Crippen molar-refractivity contribution in [3.8, 4) is 5.75 Å². The molecule has 8 heteroatoms. The molecule has 0 unspecified atom stereocenters. The zero-order valence-electron chi connectivity index (χ0n) is 15.9. The molecule has 28 heavy (non-hydrogen) atoms. The first-order chi connectivity index (χ1) is 13.4. The van der Waals surface area contributed by atoms with Crippen molar-refractivity contribution in [2.24, 2.45) is 5.73 Å². The summed E-state index contributed by atoms with van der Waals surface area (Å²) in [5.41, 5.74) is 6.67. The smallest absolute Gasteiger partial charge is 0.248 e. The molecule has 0 aromatic heterocycles. The maximum Gasteiger partial charge on any atom is 0.248 e. The van der Waals surface area contributed by atoms with E-state index < -0.39 is 5.91 Å². The number of methoxy groups -OCH3 is 1. The summed E-state index contributed by atoms with van der Waals surface area (Å²) < 4.78 is 5.21. The van der Waals surface area contributed by atoms with Gasteiger partial charge in [0, 0.05) is 11.3 Å². The number of hydrogen-bond donors (Lipinski definition) is 3. The molecular weight excluding hydrogens is 360 g/mol. The largest absolute Gasteiger partial charge is 0.495 e. The SMILES string of the molecule is CCN(CC(=O)Nc1ccc(C(N)=O)cc1)CC(=O)Nc1ccccc1OC. The molecule has 148 valence electrons. The summed E-state index contributed by atoms with van der Waals surface area (Å²) in [5, 5.41) is 5.51. The second-order valence-electron chi connectivity index (χ2n) is 6.04. The van der Waals surface area contributed by atoms with E-state index in [4.69, 9.17) is 10.5 Å². The summed E-state index contributed by atoms with van der Waals surface area (Å²) in [6.45, 7) is 2.49. The third kappa shape index (κ3) is 6.10. The Hall–Kier alpha value is -3.39. The van der Waals surface area contributed by atoms with Gasteiger partial charge in [0.1, 0.15) is 5.75 Å². The van der Waals surface area contributed by atoms with E-state index in [2.05, 4.69) is 10.6 Å². The second kappa shape index (κ2) is 10.1. The Kier molecular flexibility index (Phi) is 7.53. The molecule has 0 fully saturated rings. The minimum atomic E-state index is -0.531. The zero-order valence-corrected chi connectivity index (χ0v) is 15.9. The van der Waals surface area contributed by atoms with Crippen molar-refractivity contribution < 1.29 is 19.1 Å². The number of likely N-dealkylation sites (N-methyl/N-ethyl adjacent to an activating group) is 1. The average molecular weight is 384 g/mol. The number of rotatable bonds is 9. The molecule has 2 aromatic rings. The van der Waals surface area contributed by atoms with Crippen LogP contribution >= 0.6 is 0 Å². The van der Waals surface area contributed by atoms with Gasteiger partial charge in [0.05, 0.1) is 25.9 Å². The van der Waals surface area contributed by atoms with E-state index in [9.17, 15) is 14.4 Å². The van der Waals surface area contributed by atoms with Crippen molar-refractivity contribution in [1.29, 1.82) is 0 Å². The molecule has 2 aromatic carbocycles. The summed E-state index contributed by atoms with van der Waals surface area (Å²) in [4.78, 5) is 37.3. The van der Waals surface area contributed by atoms with Crippen LogP contribution in [0.3, 0.4) is 0 Å². The topological polar surface area (TPSA) is 114 Å². The minimum absolute atomic E-state index is 0.0490. The van der Waals surface area contributed by atoms with Gasteiger partial charge < -0.3 is 21.1 Å². The normalized spacial score (nSPS) is 10.4. The number of ether oxygens (including phenoxy) is 1. The molecule has 0 bridgehead atoms. The maximum absolute atomic E-state index is 12.3. The van der Waals surface area contributed by atoms with Crippen LogP contribution in [-0.4, -0.2) is 49.4 Å². The van der Waals surface area contributed by atoms with Crippen molar-refractivity contribution in [2.45, 2.75) is 6.92 Å². The van der Waals surface area contributed by atoms with Gasteiger partial charge in [-0.05, 0) is 42.9 Å². The highest BCUT2D eigenvalue weighted by Crippen LogP contribution is 2.22. The van der Waals surface area contributed by atoms with Crippen molar-refractivity contribution in [3.63, 3.8) is 0 Å². The molecular formula is C20H24N4O4. The van der Waals surface area contributed by atoms with Crippen LogP contribution in [0.1, 0.15) is 17.3 Å². The van der Waals surface area contributed by atoms with Gasteiger partial charge in [-0.15, -0.1) is 0 Å². The van der Waals surface area contributed by atoms with Crippen molar-refractivity contribution in [1.82, 2.24) is 4.90 Å². The van der Waals surface area contributed by atoms with Gasteiger partial charge in [0.15, 0.2) is 0 Å². The summed E-state index contributed by atoms with van der Waals surface area (Å²) in [5.74, 6) is -0.476. The summed E-state index contributed by atoms with van der Waals surface area (Å²) in [7, 11) is 1.53. The van der Waals surface area contributed by atoms with Crippen LogP contribution in [0, 0.1) is 0 Å². The molecule has 0 aliphatic carbocycles. The van der Waals surface area contributed by atoms with Crippen LogP contribution in [-0.2, 0) is 9.59 Å². The minimum Gasteiger partial charge on any atom is -0.495 e. The Bertz CT molecular complexity index is 836. The Morgan fingerprint density at radius 1 is 0.964 bits per heavy atom. The van der Waals surface area contributed by atoms with E-state index in [1.165, 1.54) is 19.2 Å². The van der Waals surface area contributed by atoms with Crippen molar-refractivity contribution in [2.75, 3.05) is 37.4 Å². The Labute approximate surface area is 163 Å². The maximum atomic E-state index is 12.3. The van der Waals surface area contributed by atoms with Crippen LogP contribution in [0.2, 0.25) is 0 Å². The number of anilines is 2. The molecule has 0 saturated heterocycles. The number of nitrogens with zero attached hydrogens (tertiary/aromatic N) is 1. The van der Waals surface area contributed by atoms with Crippen LogP contribution in [0.15, 0.2) is 48.5 Å². The van der Waals surface area contributed by atoms with Crippen molar-refractivity contribution in [3.05, 3.63) is 54.1 Å². The number of hydrogen-bond acceptors (Lipinski definition) is 5. The van der Waals surface area contributed by atoms with Gasteiger partial charge in [-0.1, -0.05) is 19.1 Å². The van der Waals surface area contributed by atoms with E-state index >= 15 is 0 Å². The molecule has 2 rings (SSSR count). The lowest BCUT2D eigenvalue weighted by atomic mass is 10.2. The number of carbonyl (C=O) groups is 3. The first kappa shape index (κ1) is 20.9. The predicted molar refractivity (Wildman–Crippen MR) is 107 cm³/mol. The zero-order chi connectivity index (χ0) is 20.5. The fourth-order valence-electron chi connectivity index (χ4n) is 2.54. The second-order valence-corrected chi connectivity index (χ2v) is 6.04. The number of para-hydroxylation sites is 2. The van der Waals surface area contributed by atoms with E-state index in [0.29, 0.717) is 29.2 Å². The number of primary amides is 1. The standard InChI is InChI=1S/C20H24N4O4/c1-3-24(13-19(26)23-16-6-4-5-7-17(16)28-2)12-18(25)22-15-10-8-14(9-11-15)20(21)27/h4-11H,3,12-13H2,1-2H3,(H2,21,27)(H,22,25)(H,23,26). The van der Waals surface area contributed by atoms with Gasteiger partial charge in [-0.25, -0.2) is 0 Å². The third-order valence-electron chi connectivity index (χ3n) is 4.02. The molecule has 4 N–H and O–H groups in total. The lowest BCUT2D eigenvalue weighted by molar-refractivity contribution is -0.119. The van der Waals surface area contributed by atoms with E-state index in [1.807, 2.05) is 13.0 Å². The summed E-state index contributed by atoms with van der Waals surface area (Å²) >= 11 is 0. The number of nitrogens with one attached hydrogen (secondary N) is 2. The first-order valence-electron chi connectivity index (χ1n) is 8.78. The molecule has 0 spiro atoms. The highest BCUT2D eigenvalue weighted by molar-refractivity contribution is 5.96. The van der Waals surface area contributed by atoms with E-state index in [1.54, 1.807) is 35.2 Å². The monoisotopic (exact) mass is 384 g/mol. The number of nitrogens with two attached hydrogens (primary N) is 1. The Morgan fingerprint density at radius 2 is 1.57 bits per heavy atom. The number of amides is 3. The van der Waals surface area contributed by atoms with Crippen LogP contribution in [0.25, 0.3) is 0 Å². The fraction of sp³-hybridized carbons (Fsp3) is 0.250. The quantitative estimate of drug-likeness (QED) is 0.609. The third-order valence-corrected chi connectivity index (χ3v) is 4.02. The highest BCUT2D eigenvalue weighted by atomic mass is 16.5. The van der Waals surface area contributed by atoms with Gasteiger partial charge in [0.25, 0.3) is 0 Å². The van der Waals surface area contributed by atoms with Gasteiger partial charge >= 0.3 is 0 Å². The van der Waals surface area contributed by atoms with Gasteiger partial charge in [0.2, 0.25) is 17.7 Å². The molecule has 0 heterocycles. The predicted octanol–water partition coefficient (Wildman–Crippen LogP) is 1.69. The van der Waals surface area contributed by atoms with Gasteiger partial charge in [-0.3, -0.25) is 19.3 Å². The van der Waals surface area contributed by atoms with Crippen LogP contribution in [0.5, 0.6) is 5.75 Å². The number of carbonyl (C=O) groups excluding carboxylic acids is 3.